The summed E-state index contributed by atoms with van der Waals surface area (Å²) in [6.07, 6.45) is 80.0. The van der Waals surface area contributed by atoms with Crippen LogP contribution in [0.1, 0.15) is 303 Å². The molecule has 5 unspecified atom stereocenters. The molecule has 0 radical (unpaired) electrons. The molecular weight excluding hydrogens is 1240 g/mol. The fourth-order valence-corrected chi connectivity index (χ4v) is 11.4. The minimum absolute atomic E-state index is 0.0901. The summed E-state index contributed by atoms with van der Waals surface area (Å²) in [5.41, 5.74) is 0. The molecule has 548 valence electrons. The number of unbranched alkanes of at least 4 members (excludes halogenated alkanes) is 29. The molecule has 18 heteroatoms. The number of ether oxygens (including phenoxy) is 3. The summed E-state index contributed by atoms with van der Waals surface area (Å²) in [5, 5.41) is 20.6. The molecular formula is C77H134O16P2. The van der Waals surface area contributed by atoms with Crippen LogP contribution in [0.3, 0.4) is 0 Å². The highest BCUT2D eigenvalue weighted by molar-refractivity contribution is 7.47. The third-order valence-electron chi connectivity index (χ3n) is 15.5. The molecule has 0 saturated carbocycles. The zero-order chi connectivity index (χ0) is 69.5. The predicted molar refractivity (Wildman–Crippen MR) is 390 cm³/mol. The number of carbonyl (C=O) groups excluding carboxylic acids is 3. The van der Waals surface area contributed by atoms with E-state index in [0.717, 1.165) is 148 Å². The Bertz CT molecular complexity index is 2170. The summed E-state index contributed by atoms with van der Waals surface area (Å²) >= 11 is 0. The fourth-order valence-electron chi connectivity index (χ4n) is 9.78. The molecule has 0 aromatic carbocycles. The summed E-state index contributed by atoms with van der Waals surface area (Å²) < 4.78 is 61.0. The minimum Gasteiger partial charge on any atom is -0.463 e. The molecule has 0 bridgehead atoms. The number of phosphoric acid groups is 2. The van der Waals surface area contributed by atoms with Crippen molar-refractivity contribution in [3.63, 3.8) is 0 Å². The maximum atomic E-state index is 12.9. The average molecular weight is 1380 g/mol. The van der Waals surface area contributed by atoms with Crippen LogP contribution in [-0.2, 0) is 55.8 Å². The highest BCUT2D eigenvalue weighted by Crippen LogP contribution is 2.45. The van der Waals surface area contributed by atoms with E-state index < -0.39 is 91.5 Å². The number of aliphatic hydroxyl groups excluding tert-OH is 2. The van der Waals surface area contributed by atoms with E-state index in [1.54, 1.807) is 0 Å². The molecule has 0 fully saturated rings. The van der Waals surface area contributed by atoms with Crippen molar-refractivity contribution in [2.75, 3.05) is 39.6 Å². The maximum Gasteiger partial charge on any atom is 0.472 e. The monoisotopic (exact) mass is 1380 g/mol. The van der Waals surface area contributed by atoms with Crippen molar-refractivity contribution >= 4 is 33.6 Å². The van der Waals surface area contributed by atoms with Gasteiger partial charge in [0.05, 0.1) is 26.4 Å². The summed E-state index contributed by atoms with van der Waals surface area (Å²) in [5.74, 6) is -1.60. The van der Waals surface area contributed by atoms with Crippen molar-refractivity contribution in [3.8, 4) is 0 Å². The van der Waals surface area contributed by atoms with Gasteiger partial charge >= 0.3 is 33.6 Å². The second-order valence-electron chi connectivity index (χ2n) is 24.7. The lowest BCUT2D eigenvalue weighted by molar-refractivity contribution is -0.161. The van der Waals surface area contributed by atoms with Gasteiger partial charge in [-0.1, -0.05) is 265 Å². The predicted octanol–water partition coefficient (Wildman–Crippen LogP) is 21.2. The number of hydrogen-bond acceptors (Lipinski definition) is 14. The van der Waals surface area contributed by atoms with E-state index in [1.807, 2.05) is 0 Å². The van der Waals surface area contributed by atoms with Crippen LogP contribution in [0, 0.1) is 0 Å². The van der Waals surface area contributed by atoms with Crippen LogP contribution in [0.25, 0.3) is 0 Å². The number of phosphoric ester groups is 2. The van der Waals surface area contributed by atoms with Gasteiger partial charge in [0.2, 0.25) is 0 Å². The molecule has 95 heavy (non-hydrogen) atoms. The van der Waals surface area contributed by atoms with Gasteiger partial charge in [-0.3, -0.25) is 32.5 Å². The standard InChI is InChI=1S/C77H134O16P2/c1-4-7-10-13-16-19-22-25-27-29-31-32-33-34-35-36-37-38-40-42-43-46-48-51-54-57-60-63-75(80)87-66-72(78)67-89-94(83,84)90-68-73(79)69-91-95(85,86)92-71-74(93-77(82)65-62-59-56-53-50-45-24-21-18-15-12-9-6-3)70-88-76(81)64-61-58-55-52-49-47-44-41-39-30-28-26-23-20-17-14-11-8-5-2/h8,11,16-17,19-21,24-28,31-32,34-35,39,41,72-74,78-79H,4-7,9-10,12-15,18,22-23,29-30,33,36-38,40,42-71H2,1-3H3,(H,83,84)(H,85,86)/b11-8-,19-16-,20-17-,24-21-,27-25-,28-26-,32-31-,35-34-,41-39-. The van der Waals surface area contributed by atoms with E-state index in [-0.39, 0.29) is 19.3 Å². The lowest BCUT2D eigenvalue weighted by Gasteiger charge is -2.21. The number of allylic oxidation sites excluding steroid dienone is 18. The third kappa shape index (κ3) is 71.3. The van der Waals surface area contributed by atoms with Crippen molar-refractivity contribution in [3.05, 3.63) is 109 Å². The zero-order valence-electron chi connectivity index (χ0n) is 59.6. The fraction of sp³-hybridized carbons (Fsp3) is 0.727. The van der Waals surface area contributed by atoms with Crippen molar-refractivity contribution < 1.29 is 75.8 Å². The van der Waals surface area contributed by atoms with Gasteiger partial charge in [0.25, 0.3) is 0 Å². The number of carbonyl (C=O) groups is 3. The van der Waals surface area contributed by atoms with Crippen molar-refractivity contribution in [2.24, 2.45) is 0 Å². The Labute approximate surface area is 577 Å². The first-order valence-electron chi connectivity index (χ1n) is 37.2. The second kappa shape index (κ2) is 70.1. The Morgan fingerprint density at radius 1 is 0.305 bits per heavy atom. The van der Waals surface area contributed by atoms with Gasteiger partial charge in [-0.15, -0.1) is 0 Å². The number of rotatable bonds is 70. The van der Waals surface area contributed by atoms with Crippen molar-refractivity contribution in [1.82, 2.24) is 0 Å². The molecule has 0 spiro atoms. The Morgan fingerprint density at radius 3 is 0.916 bits per heavy atom. The first-order chi connectivity index (χ1) is 46.2. The molecule has 0 saturated heterocycles. The minimum atomic E-state index is -4.93. The Kier molecular flexibility index (Phi) is 67.3. The van der Waals surface area contributed by atoms with Crippen LogP contribution in [-0.4, -0.2) is 95.9 Å². The lowest BCUT2D eigenvalue weighted by Crippen LogP contribution is -2.30. The van der Waals surface area contributed by atoms with Crippen LogP contribution < -0.4 is 0 Å². The molecule has 0 amide bonds. The summed E-state index contributed by atoms with van der Waals surface area (Å²) in [6, 6.07) is 0. The van der Waals surface area contributed by atoms with Gasteiger partial charge in [0.1, 0.15) is 25.4 Å². The molecule has 0 aromatic heterocycles. The van der Waals surface area contributed by atoms with Gasteiger partial charge in [-0.05, 0) is 128 Å². The van der Waals surface area contributed by atoms with Crippen LogP contribution in [0.4, 0.5) is 0 Å². The Hall–Kier alpha value is -3.79. The van der Waals surface area contributed by atoms with Gasteiger partial charge in [-0.25, -0.2) is 9.13 Å². The largest absolute Gasteiger partial charge is 0.472 e. The maximum absolute atomic E-state index is 12.9. The van der Waals surface area contributed by atoms with E-state index in [9.17, 15) is 43.5 Å². The summed E-state index contributed by atoms with van der Waals surface area (Å²) in [6.45, 7) is 2.50. The van der Waals surface area contributed by atoms with E-state index in [2.05, 4.69) is 130 Å². The molecule has 0 heterocycles. The number of esters is 3. The van der Waals surface area contributed by atoms with Crippen LogP contribution in [0.15, 0.2) is 109 Å². The van der Waals surface area contributed by atoms with E-state index in [1.165, 1.54) is 96.3 Å². The van der Waals surface area contributed by atoms with Gasteiger partial charge in [-0.2, -0.15) is 0 Å². The Morgan fingerprint density at radius 2 is 0.558 bits per heavy atom. The third-order valence-corrected chi connectivity index (χ3v) is 17.4. The smallest absolute Gasteiger partial charge is 0.463 e. The molecule has 0 aliphatic carbocycles. The summed E-state index contributed by atoms with van der Waals surface area (Å²) in [4.78, 5) is 58.5. The van der Waals surface area contributed by atoms with E-state index in [0.29, 0.717) is 19.3 Å². The quantitative estimate of drug-likeness (QED) is 0.0146. The van der Waals surface area contributed by atoms with Gasteiger partial charge in [0.15, 0.2) is 6.10 Å². The number of hydrogen-bond donors (Lipinski definition) is 4. The van der Waals surface area contributed by atoms with Crippen molar-refractivity contribution in [2.45, 2.75) is 322 Å². The first-order valence-corrected chi connectivity index (χ1v) is 40.2. The topological polar surface area (TPSA) is 231 Å². The van der Waals surface area contributed by atoms with Crippen LogP contribution in [0.5, 0.6) is 0 Å². The van der Waals surface area contributed by atoms with Crippen LogP contribution in [0.2, 0.25) is 0 Å². The molecule has 0 rings (SSSR count). The average Bonchev–Trinajstić information content (AvgIpc) is 2.12. The van der Waals surface area contributed by atoms with Crippen LogP contribution >= 0.6 is 15.6 Å². The lowest BCUT2D eigenvalue weighted by atomic mass is 10.0. The molecule has 0 aliphatic rings. The molecule has 4 N–H and O–H groups in total. The Balaban J connectivity index is 4.53. The molecule has 16 nitrogen and oxygen atoms in total. The van der Waals surface area contributed by atoms with Gasteiger partial charge in [0, 0.05) is 19.3 Å². The SMILES string of the molecule is CC/C=C\C/C=C\C/C=C\C/C=C\CCCCCCCCC(=O)OCC(COP(=O)(O)OCC(O)COP(=O)(O)OCC(O)COC(=O)CCCCCCCCCCCCC/C=C\C/C=C\C/C=C\C/C=C\CCCCC)OC(=O)CCCCCCC/C=C\CCCCCC. The van der Waals surface area contributed by atoms with Crippen molar-refractivity contribution in [1.29, 1.82) is 0 Å². The second-order valence-corrected chi connectivity index (χ2v) is 27.6. The molecule has 0 aromatic rings. The molecule has 5 atom stereocenters. The number of aliphatic hydroxyl groups is 2. The highest BCUT2D eigenvalue weighted by atomic mass is 31.2. The zero-order valence-corrected chi connectivity index (χ0v) is 61.4. The highest BCUT2D eigenvalue weighted by Gasteiger charge is 2.29. The van der Waals surface area contributed by atoms with E-state index >= 15 is 0 Å². The first kappa shape index (κ1) is 91.2. The summed E-state index contributed by atoms with van der Waals surface area (Å²) in [7, 11) is -9.79. The molecule has 0 aliphatic heterocycles. The van der Waals surface area contributed by atoms with E-state index in [4.69, 9.17) is 32.3 Å². The van der Waals surface area contributed by atoms with Gasteiger partial charge < -0.3 is 34.2 Å². The normalized spacial score (nSPS) is 14.7.